The van der Waals surface area contributed by atoms with Crippen molar-refractivity contribution in [2.45, 2.75) is 203 Å². The van der Waals surface area contributed by atoms with Gasteiger partial charge in [-0.2, -0.15) is 0 Å². The van der Waals surface area contributed by atoms with Gasteiger partial charge in [0, 0.05) is 85.1 Å². The third kappa shape index (κ3) is 70.5. The molecule has 0 spiro atoms. The van der Waals surface area contributed by atoms with Crippen molar-refractivity contribution in [3.63, 3.8) is 0 Å². The van der Waals surface area contributed by atoms with Gasteiger partial charge in [0.25, 0.3) is 0 Å². The molecule has 5 aliphatic rings. The Labute approximate surface area is 688 Å². The van der Waals surface area contributed by atoms with E-state index in [4.69, 9.17) is 9.47 Å². The number of piperazine rings is 1. The van der Waals surface area contributed by atoms with E-state index in [2.05, 4.69) is 258 Å². The van der Waals surface area contributed by atoms with Crippen molar-refractivity contribution in [3.8, 4) is 0 Å². The van der Waals surface area contributed by atoms with Crippen LogP contribution in [0.4, 0.5) is 0 Å². The van der Waals surface area contributed by atoms with Crippen LogP contribution in [0.2, 0.25) is 0 Å². The summed E-state index contributed by atoms with van der Waals surface area (Å²) in [5.41, 5.74) is 18.0. The predicted octanol–water partition coefficient (Wildman–Crippen LogP) is 23.8. The molecule has 5 rings (SSSR count). The van der Waals surface area contributed by atoms with Crippen LogP contribution in [0.5, 0.6) is 0 Å². The van der Waals surface area contributed by atoms with Gasteiger partial charge in [0.1, 0.15) is 0 Å². The molecule has 5 heterocycles. The van der Waals surface area contributed by atoms with Crippen molar-refractivity contribution in [2.75, 3.05) is 186 Å². The van der Waals surface area contributed by atoms with E-state index in [-0.39, 0.29) is 0 Å². The minimum Gasteiger partial charge on any atom is -0.379 e. The molecule has 628 valence electrons. The zero-order valence-electron chi connectivity index (χ0n) is 74.6. The number of nitrogens with zero attached hydrogens (tertiary/aromatic N) is 8. The first kappa shape index (κ1) is 107. The highest BCUT2D eigenvalue weighted by Crippen LogP contribution is 2.18. The van der Waals surface area contributed by atoms with Crippen LogP contribution in [-0.2, 0) is 9.47 Å². The van der Waals surface area contributed by atoms with E-state index < -0.39 is 0 Å². The molecule has 0 N–H and O–H groups in total. The average molecular weight is 1530 g/mol. The lowest BCUT2D eigenvalue weighted by Gasteiger charge is -2.32. The van der Waals surface area contributed by atoms with Crippen LogP contribution in [-0.4, -0.2) is 225 Å². The molecule has 111 heavy (non-hydrogen) atoms. The number of likely N-dealkylation sites (N-methyl/N-ethyl adjacent to an activating group) is 2. The summed E-state index contributed by atoms with van der Waals surface area (Å²) < 4.78 is 10.9. The Morgan fingerprint density at radius 3 is 0.829 bits per heavy atom. The highest BCUT2D eigenvalue weighted by atomic mass is 16.5. The maximum atomic E-state index is 5.59. The summed E-state index contributed by atoms with van der Waals surface area (Å²) in [4.78, 5) is 19.4. The standard InChI is InChI=1S/C16H27N.C15H26N2.C15H27NO.C15H25N.C14H23NO.C14H23N.C12H21N/c1-4-15(2)10-9-11-16(3)14-17-12-7-5-6-8-13-17;1-5-14(2)7-6-8-15(3)13-17-11-9-16(4)10-12-17;1-6-14(2)9-7-10-15(3)13-17-12-8-11-16(4)5;1-4-14(2)9-8-10-15(3)13-16-11-6-5-7-12-16;1-4-13(2)6-5-7-14(3)12-15-8-10-16-11-9-15;1-4-13(2)8-7-9-14(3)12-15-10-5-6-11-15;1-6-11(2)8-7-9-12(3)10-13(4)5/h4,11H,1-2,5-10,12-14H2,3H3;5,8H,1-2,6-7,9-13H2,3-4H3;6,10H,1-2,7-9,11-13H2,3-5H3;4,10H,1-2,5-9,11-13H2,3H3;4,7H,1-2,5-6,8-12H2,3H3;4,9H,1-2,5-8,10-12H2,3H3;6,9H,1-2,7-8,10H2,3-5H3/b16-11+;15-8+;2*15-10+;14-7+;14-9+;12-9+. The second-order valence-electron chi connectivity index (χ2n) is 32.1. The second kappa shape index (κ2) is 73.1. The average Bonchev–Trinajstić information content (AvgIpc) is 1.61. The molecule has 5 saturated heterocycles. The minimum absolute atomic E-state index is 0.744. The third-order valence-electron chi connectivity index (χ3n) is 19.9. The molecule has 10 heteroatoms. The number of rotatable bonds is 46. The normalized spacial score (nSPS) is 16.8. The second-order valence-corrected chi connectivity index (χ2v) is 32.1. The number of allylic oxidation sites excluding steroid dienone is 21. The number of ether oxygens (including phenoxy) is 2. The van der Waals surface area contributed by atoms with Crippen molar-refractivity contribution in [3.05, 3.63) is 255 Å². The Bertz CT molecular complexity index is 2790. The van der Waals surface area contributed by atoms with Gasteiger partial charge < -0.3 is 24.2 Å². The van der Waals surface area contributed by atoms with Crippen LogP contribution in [0, 0.1) is 0 Å². The Hall–Kier alpha value is -5.86. The first-order chi connectivity index (χ1) is 53.1. The van der Waals surface area contributed by atoms with Gasteiger partial charge in [-0.15, -0.1) is 0 Å². The summed E-state index contributed by atoms with van der Waals surface area (Å²) in [6.45, 7) is 94.5. The molecule has 0 aliphatic carbocycles. The molecular weight excluding hydrogens is 1360 g/mol. The fraction of sp³-hybridized carbons (Fsp3) is 0.584. The molecule has 0 bridgehead atoms. The first-order valence-corrected chi connectivity index (χ1v) is 42.6. The van der Waals surface area contributed by atoms with E-state index in [0.29, 0.717) is 0 Å². The monoisotopic (exact) mass is 1530 g/mol. The van der Waals surface area contributed by atoms with Crippen LogP contribution >= 0.6 is 0 Å². The van der Waals surface area contributed by atoms with Gasteiger partial charge in [0.2, 0.25) is 0 Å². The molecule has 0 saturated carbocycles. The van der Waals surface area contributed by atoms with Gasteiger partial charge >= 0.3 is 0 Å². The third-order valence-corrected chi connectivity index (χ3v) is 19.9. The Kier molecular flexibility index (Phi) is 70.6. The molecule has 0 radical (unpaired) electrons. The van der Waals surface area contributed by atoms with Crippen LogP contribution in [0.15, 0.2) is 255 Å². The van der Waals surface area contributed by atoms with E-state index in [9.17, 15) is 0 Å². The van der Waals surface area contributed by atoms with Gasteiger partial charge in [-0.1, -0.05) is 274 Å². The summed E-state index contributed by atoms with van der Waals surface area (Å²) in [6.07, 6.45) is 57.4. The van der Waals surface area contributed by atoms with Gasteiger partial charge in [-0.25, -0.2) is 0 Å². The molecule has 0 amide bonds. The van der Waals surface area contributed by atoms with E-state index in [1.54, 1.807) is 0 Å². The lowest BCUT2D eigenvalue weighted by molar-refractivity contribution is 0.0422. The van der Waals surface area contributed by atoms with Crippen molar-refractivity contribution >= 4 is 0 Å². The van der Waals surface area contributed by atoms with Crippen LogP contribution in [0.1, 0.15) is 203 Å². The molecule has 10 nitrogen and oxygen atoms in total. The van der Waals surface area contributed by atoms with Crippen molar-refractivity contribution in [1.29, 1.82) is 0 Å². The Morgan fingerprint density at radius 1 is 0.315 bits per heavy atom. The van der Waals surface area contributed by atoms with Crippen LogP contribution in [0.3, 0.4) is 0 Å². The van der Waals surface area contributed by atoms with Gasteiger partial charge in [0.05, 0.1) is 19.8 Å². The van der Waals surface area contributed by atoms with Crippen LogP contribution in [0.25, 0.3) is 0 Å². The smallest absolute Gasteiger partial charge is 0.0674 e. The molecule has 0 atom stereocenters. The summed E-state index contributed by atoms with van der Waals surface area (Å²) >= 11 is 0. The van der Waals surface area contributed by atoms with E-state index in [1.165, 1.54) is 162 Å². The van der Waals surface area contributed by atoms with E-state index >= 15 is 0 Å². The SMILES string of the molecule is C=CC(=C)CC/C=C(\C)CN(C)C.C=CC(=C)CC/C=C(\C)CN1CCCC1.C=CC(=C)CC/C=C(\C)CN1CCCCC1.C=CC(=C)CC/C=C(\C)CN1CCCCCC1.C=CC(=C)CC/C=C(\C)CN1CCN(C)CC1.C=CC(=C)CC/C=C(\C)CN1CCOCC1.C=CC(=C)CC/C=C(\C)COCCCN(C)C. The summed E-state index contributed by atoms with van der Waals surface area (Å²) in [7, 11) is 10.5. The number of morpholine rings is 1. The molecule has 0 aromatic carbocycles. The zero-order chi connectivity index (χ0) is 83.2. The van der Waals surface area contributed by atoms with Gasteiger partial charge in [-0.3, -0.25) is 24.5 Å². The maximum Gasteiger partial charge on any atom is 0.0674 e. The quantitative estimate of drug-likeness (QED) is 0.0335. The Balaban J connectivity index is 0. The largest absolute Gasteiger partial charge is 0.379 e. The fourth-order valence-corrected chi connectivity index (χ4v) is 12.8. The topological polar surface area (TPSA) is 44.4 Å². The lowest BCUT2D eigenvalue weighted by Crippen LogP contribution is -2.44. The fourth-order valence-electron chi connectivity index (χ4n) is 12.8. The number of likely N-dealkylation sites (tertiary alicyclic amines) is 3. The highest BCUT2D eigenvalue weighted by molar-refractivity contribution is 5.18. The van der Waals surface area contributed by atoms with Gasteiger partial charge in [-0.05, 0) is 264 Å². The molecule has 0 aromatic rings. The van der Waals surface area contributed by atoms with Crippen molar-refractivity contribution in [1.82, 2.24) is 39.2 Å². The number of hydrogen-bond acceptors (Lipinski definition) is 10. The summed E-state index contributed by atoms with van der Waals surface area (Å²) in [5.74, 6) is 0. The highest BCUT2D eigenvalue weighted by Gasteiger charge is 2.15. The summed E-state index contributed by atoms with van der Waals surface area (Å²) in [5, 5.41) is 0. The molecule has 5 fully saturated rings. The molecule has 0 aromatic heterocycles. The number of hydrogen-bond donors (Lipinski definition) is 0. The molecule has 0 unspecified atom stereocenters. The maximum absolute atomic E-state index is 5.59. The van der Waals surface area contributed by atoms with E-state index in [1.807, 2.05) is 42.5 Å². The summed E-state index contributed by atoms with van der Waals surface area (Å²) in [6, 6.07) is 0. The Morgan fingerprint density at radius 2 is 0.559 bits per heavy atom. The molecular formula is C101H172N8O2. The van der Waals surface area contributed by atoms with Gasteiger partial charge in [0.15, 0.2) is 0 Å². The van der Waals surface area contributed by atoms with Crippen LogP contribution < -0.4 is 0 Å². The van der Waals surface area contributed by atoms with E-state index in [0.717, 1.165) is 221 Å². The lowest BCUT2D eigenvalue weighted by atomic mass is 10.1. The van der Waals surface area contributed by atoms with Crippen molar-refractivity contribution < 1.29 is 9.47 Å². The minimum atomic E-state index is 0.744. The predicted molar refractivity (Wildman–Crippen MR) is 501 cm³/mol. The zero-order valence-corrected chi connectivity index (χ0v) is 74.6. The molecule has 5 aliphatic heterocycles. The first-order valence-electron chi connectivity index (χ1n) is 42.6. The number of piperidine rings is 1. The van der Waals surface area contributed by atoms with Crippen molar-refractivity contribution in [2.24, 2.45) is 0 Å².